The van der Waals surface area contributed by atoms with E-state index in [1.165, 1.54) is 25.0 Å². The van der Waals surface area contributed by atoms with Gasteiger partial charge in [-0.1, -0.05) is 12.8 Å². The molecule has 1 aromatic carbocycles. The van der Waals surface area contributed by atoms with Crippen LogP contribution in [0.1, 0.15) is 32.6 Å². The van der Waals surface area contributed by atoms with Crippen LogP contribution in [0.2, 0.25) is 0 Å². The van der Waals surface area contributed by atoms with Crippen LogP contribution in [0.15, 0.2) is 29.3 Å². The fourth-order valence-electron chi connectivity index (χ4n) is 2.39. The topological polar surface area (TPSA) is 41.6 Å². The number of nitrogens with zero attached hydrogens (tertiary/aromatic N) is 2. The average Bonchev–Trinajstić information content (AvgIpc) is 2.85. The molecule has 1 aliphatic carbocycles. The van der Waals surface area contributed by atoms with Crippen LogP contribution in [0.3, 0.4) is 0 Å². The molecule has 2 rings (SSSR count). The molecule has 0 bridgehead atoms. The van der Waals surface area contributed by atoms with Crippen molar-refractivity contribution in [3.05, 3.63) is 30.1 Å². The van der Waals surface area contributed by atoms with Gasteiger partial charge in [0.25, 0.3) is 0 Å². The Kier molecular flexibility index (Phi) is 4.18. The molecule has 0 aliphatic heterocycles. The van der Waals surface area contributed by atoms with Gasteiger partial charge >= 0.3 is 0 Å². The summed E-state index contributed by atoms with van der Waals surface area (Å²) in [5.74, 6) is 0.303. The highest BCUT2D eigenvalue weighted by Crippen LogP contribution is 2.22. The van der Waals surface area contributed by atoms with Crippen LogP contribution < -0.4 is 10.6 Å². The van der Waals surface area contributed by atoms with E-state index in [-0.39, 0.29) is 5.82 Å². The summed E-state index contributed by atoms with van der Waals surface area (Å²) in [5.41, 5.74) is 6.95. The molecule has 0 radical (unpaired) electrons. The van der Waals surface area contributed by atoms with Crippen molar-refractivity contribution in [2.24, 2.45) is 10.7 Å². The molecule has 1 saturated carbocycles. The molecule has 0 saturated heterocycles. The van der Waals surface area contributed by atoms with Crippen LogP contribution >= 0.6 is 0 Å². The van der Waals surface area contributed by atoms with E-state index in [9.17, 15) is 4.39 Å². The number of halogens is 1. The van der Waals surface area contributed by atoms with Crippen molar-refractivity contribution in [2.75, 3.05) is 11.4 Å². The van der Waals surface area contributed by atoms with Gasteiger partial charge < -0.3 is 10.6 Å². The lowest BCUT2D eigenvalue weighted by atomic mass is 10.2. The van der Waals surface area contributed by atoms with Gasteiger partial charge in [-0.05, 0) is 44.0 Å². The number of hydrogen-bond acceptors (Lipinski definition) is 1. The third-order valence-corrected chi connectivity index (χ3v) is 3.37. The summed E-state index contributed by atoms with van der Waals surface area (Å²) in [7, 11) is 0. The minimum Gasteiger partial charge on any atom is -0.370 e. The van der Waals surface area contributed by atoms with Crippen molar-refractivity contribution in [3.8, 4) is 0 Å². The monoisotopic (exact) mass is 249 g/mol. The molecule has 1 aromatic rings. The first kappa shape index (κ1) is 12.9. The zero-order valence-electron chi connectivity index (χ0n) is 10.8. The minimum atomic E-state index is -0.235. The van der Waals surface area contributed by atoms with Crippen LogP contribution in [0.5, 0.6) is 0 Å². The van der Waals surface area contributed by atoms with Gasteiger partial charge in [-0.15, -0.1) is 0 Å². The summed E-state index contributed by atoms with van der Waals surface area (Å²) in [4.78, 5) is 6.49. The van der Waals surface area contributed by atoms with E-state index in [4.69, 9.17) is 5.73 Å². The van der Waals surface area contributed by atoms with E-state index in [1.54, 1.807) is 12.1 Å². The van der Waals surface area contributed by atoms with Gasteiger partial charge in [-0.2, -0.15) is 0 Å². The fraction of sp³-hybridized carbons (Fsp3) is 0.500. The molecule has 2 N–H and O–H groups in total. The van der Waals surface area contributed by atoms with Gasteiger partial charge in [0.1, 0.15) is 5.82 Å². The minimum absolute atomic E-state index is 0.235. The van der Waals surface area contributed by atoms with Crippen molar-refractivity contribution < 1.29 is 4.39 Å². The first-order chi connectivity index (χ1) is 8.70. The number of rotatable bonds is 3. The molecule has 4 heteroatoms. The van der Waals surface area contributed by atoms with E-state index in [0.29, 0.717) is 12.0 Å². The van der Waals surface area contributed by atoms with Gasteiger partial charge in [-0.25, -0.2) is 9.38 Å². The molecule has 0 unspecified atom stereocenters. The second-order valence-electron chi connectivity index (χ2n) is 4.65. The zero-order valence-corrected chi connectivity index (χ0v) is 10.8. The molecule has 0 spiro atoms. The maximum absolute atomic E-state index is 12.9. The molecule has 0 amide bonds. The average molecular weight is 249 g/mol. The lowest BCUT2D eigenvalue weighted by Crippen LogP contribution is -2.38. The standard InChI is InChI=1S/C14H20FN3/c1-2-18(13-9-7-11(15)8-10-13)14(16)17-12-5-3-4-6-12/h7-10,12H,2-6H2,1H3,(H2,16,17). The SMILES string of the molecule is CCN(C(N)=NC1CCCC1)c1ccc(F)cc1. The third kappa shape index (κ3) is 3.00. The summed E-state index contributed by atoms with van der Waals surface area (Å²) in [6.07, 6.45) is 4.73. The number of benzene rings is 1. The highest BCUT2D eigenvalue weighted by atomic mass is 19.1. The van der Waals surface area contributed by atoms with Crippen molar-refractivity contribution in [3.63, 3.8) is 0 Å². The summed E-state index contributed by atoms with van der Waals surface area (Å²) in [6.45, 7) is 2.74. The molecule has 3 nitrogen and oxygen atoms in total. The van der Waals surface area contributed by atoms with E-state index in [2.05, 4.69) is 4.99 Å². The van der Waals surface area contributed by atoms with Gasteiger partial charge in [0.15, 0.2) is 5.96 Å². The van der Waals surface area contributed by atoms with Gasteiger partial charge in [0, 0.05) is 12.2 Å². The molecular formula is C14H20FN3. The summed E-state index contributed by atoms with van der Waals surface area (Å²) >= 11 is 0. The van der Waals surface area contributed by atoms with Crippen LogP contribution in [-0.2, 0) is 0 Å². The summed E-state index contributed by atoms with van der Waals surface area (Å²) in [5, 5.41) is 0. The molecular weight excluding hydrogens is 229 g/mol. The highest BCUT2D eigenvalue weighted by Gasteiger charge is 2.16. The van der Waals surface area contributed by atoms with Crippen molar-refractivity contribution in [2.45, 2.75) is 38.6 Å². The van der Waals surface area contributed by atoms with Gasteiger partial charge in [0.05, 0.1) is 6.04 Å². The number of anilines is 1. The Morgan fingerprint density at radius 1 is 1.33 bits per heavy atom. The van der Waals surface area contributed by atoms with Gasteiger partial charge in [-0.3, -0.25) is 0 Å². The van der Waals surface area contributed by atoms with E-state index >= 15 is 0 Å². The fourth-order valence-corrected chi connectivity index (χ4v) is 2.39. The van der Waals surface area contributed by atoms with Crippen LogP contribution in [0.4, 0.5) is 10.1 Å². The van der Waals surface area contributed by atoms with Gasteiger partial charge in [0.2, 0.25) is 0 Å². The van der Waals surface area contributed by atoms with Crippen LogP contribution in [0.25, 0.3) is 0 Å². The first-order valence-corrected chi connectivity index (χ1v) is 6.57. The Morgan fingerprint density at radius 3 is 2.50 bits per heavy atom. The quantitative estimate of drug-likeness (QED) is 0.661. The Balaban J connectivity index is 2.14. The predicted molar refractivity (Wildman–Crippen MR) is 73.3 cm³/mol. The Hall–Kier alpha value is -1.58. The molecule has 0 atom stereocenters. The number of nitrogens with two attached hydrogens (primary N) is 1. The number of guanidine groups is 1. The summed E-state index contributed by atoms with van der Waals surface area (Å²) < 4.78 is 12.9. The second kappa shape index (κ2) is 5.85. The van der Waals surface area contributed by atoms with E-state index < -0.39 is 0 Å². The molecule has 1 fully saturated rings. The maximum atomic E-state index is 12.9. The Labute approximate surface area is 108 Å². The second-order valence-corrected chi connectivity index (χ2v) is 4.65. The van der Waals surface area contributed by atoms with E-state index in [0.717, 1.165) is 25.1 Å². The Morgan fingerprint density at radius 2 is 1.94 bits per heavy atom. The number of hydrogen-bond donors (Lipinski definition) is 1. The van der Waals surface area contributed by atoms with Crippen molar-refractivity contribution in [1.82, 2.24) is 0 Å². The molecule has 98 valence electrons. The normalized spacial score (nSPS) is 17.1. The smallest absolute Gasteiger partial charge is 0.196 e. The zero-order chi connectivity index (χ0) is 13.0. The largest absolute Gasteiger partial charge is 0.370 e. The predicted octanol–water partition coefficient (Wildman–Crippen LogP) is 2.91. The molecule has 1 aliphatic rings. The highest BCUT2D eigenvalue weighted by molar-refractivity contribution is 5.94. The molecule has 0 heterocycles. The lowest BCUT2D eigenvalue weighted by molar-refractivity contribution is 0.628. The van der Waals surface area contributed by atoms with E-state index in [1.807, 2.05) is 11.8 Å². The van der Waals surface area contributed by atoms with Crippen molar-refractivity contribution >= 4 is 11.6 Å². The molecule has 0 aromatic heterocycles. The van der Waals surface area contributed by atoms with Crippen LogP contribution in [0, 0.1) is 5.82 Å². The Bertz CT molecular complexity index is 408. The van der Waals surface area contributed by atoms with Crippen LogP contribution in [-0.4, -0.2) is 18.5 Å². The maximum Gasteiger partial charge on any atom is 0.196 e. The summed E-state index contributed by atoms with van der Waals surface area (Å²) in [6, 6.07) is 6.72. The lowest BCUT2D eigenvalue weighted by Gasteiger charge is -2.22. The number of aliphatic imine (C=N–C) groups is 1. The third-order valence-electron chi connectivity index (χ3n) is 3.37. The van der Waals surface area contributed by atoms with Crippen molar-refractivity contribution in [1.29, 1.82) is 0 Å². The molecule has 18 heavy (non-hydrogen) atoms. The first-order valence-electron chi connectivity index (χ1n) is 6.57.